The Balaban J connectivity index is 1.87. The lowest BCUT2D eigenvalue weighted by atomic mass is 9.72. The van der Waals surface area contributed by atoms with Crippen LogP contribution in [0.25, 0.3) is 0 Å². The van der Waals surface area contributed by atoms with E-state index in [4.69, 9.17) is 16.3 Å². The molecule has 0 aliphatic rings. The molecule has 9 heteroatoms. The standard InChI is InChI=1S/C16H19ClN6O2/c1-15(2,14-19-10-21-23-14)16(24,7-13-18-9-20-22-13)8-25-12-5-3-11(17)4-6-12/h3-6,9-10,24H,7-8H2,1-2H3,(H,18,20,22)(H,19,21,23). The fourth-order valence-electron chi connectivity index (χ4n) is 2.49. The van der Waals surface area contributed by atoms with Crippen molar-refractivity contribution in [2.24, 2.45) is 0 Å². The second kappa shape index (κ2) is 6.81. The number of halogens is 1. The number of nitrogens with one attached hydrogen (secondary N) is 2. The van der Waals surface area contributed by atoms with Gasteiger partial charge in [0.25, 0.3) is 0 Å². The van der Waals surface area contributed by atoms with Gasteiger partial charge >= 0.3 is 0 Å². The summed E-state index contributed by atoms with van der Waals surface area (Å²) >= 11 is 5.89. The molecule has 0 fully saturated rings. The number of ether oxygens (including phenoxy) is 1. The Hall–Kier alpha value is -2.45. The van der Waals surface area contributed by atoms with Crippen molar-refractivity contribution in [3.8, 4) is 5.75 Å². The van der Waals surface area contributed by atoms with E-state index in [-0.39, 0.29) is 13.0 Å². The van der Waals surface area contributed by atoms with E-state index in [1.165, 1.54) is 12.7 Å². The average molecular weight is 363 g/mol. The number of nitrogens with zero attached hydrogens (tertiary/aromatic N) is 4. The summed E-state index contributed by atoms with van der Waals surface area (Å²) in [6, 6.07) is 6.95. The van der Waals surface area contributed by atoms with Gasteiger partial charge in [-0.15, -0.1) is 0 Å². The SMILES string of the molecule is CC(C)(c1nc[nH]n1)C(O)(COc1ccc(Cl)cc1)Cc1nc[nH]n1. The van der Waals surface area contributed by atoms with Gasteiger partial charge in [-0.1, -0.05) is 11.6 Å². The average Bonchev–Trinajstić information content (AvgIpc) is 3.28. The van der Waals surface area contributed by atoms with E-state index in [9.17, 15) is 5.11 Å². The molecule has 3 rings (SSSR count). The van der Waals surface area contributed by atoms with Crippen molar-refractivity contribution in [3.63, 3.8) is 0 Å². The molecular weight excluding hydrogens is 344 g/mol. The molecule has 1 atom stereocenters. The van der Waals surface area contributed by atoms with Crippen molar-refractivity contribution in [1.29, 1.82) is 0 Å². The molecule has 3 N–H and O–H groups in total. The van der Waals surface area contributed by atoms with Gasteiger partial charge in [0.1, 0.15) is 30.6 Å². The number of H-pyrrole nitrogens is 2. The first kappa shape index (κ1) is 17.4. The third-order valence-electron chi connectivity index (χ3n) is 4.34. The van der Waals surface area contributed by atoms with E-state index in [1.54, 1.807) is 24.3 Å². The lowest BCUT2D eigenvalue weighted by molar-refractivity contribution is -0.0642. The summed E-state index contributed by atoms with van der Waals surface area (Å²) in [6.07, 6.45) is 3.12. The molecule has 0 saturated carbocycles. The second-order valence-electron chi connectivity index (χ2n) is 6.31. The molecule has 2 heterocycles. The van der Waals surface area contributed by atoms with Crippen LogP contribution in [0, 0.1) is 0 Å². The van der Waals surface area contributed by atoms with Crippen molar-refractivity contribution in [2.45, 2.75) is 31.3 Å². The van der Waals surface area contributed by atoms with Crippen LogP contribution >= 0.6 is 11.6 Å². The van der Waals surface area contributed by atoms with Crippen molar-refractivity contribution < 1.29 is 9.84 Å². The van der Waals surface area contributed by atoms with E-state index >= 15 is 0 Å². The summed E-state index contributed by atoms with van der Waals surface area (Å²) in [5, 5.41) is 25.6. The van der Waals surface area contributed by atoms with Gasteiger partial charge in [0.05, 0.1) is 5.41 Å². The van der Waals surface area contributed by atoms with Crippen LogP contribution in [0.3, 0.4) is 0 Å². The van der Waals surface area contributed by atoms with Gasteiger partial charge < -0.3 is 9.84 Å². The quantitative estimate of drug-likeness (QED) is 0.591. The Morgan fingerprint density at radius 3 is 2.36 bits per heavy atom. The molecule has 0 saturated heterocycles. The molecule has 0 aliphatic carbocycles. The van der Waals surface area contributed by atoms with Crippen LogP contribution in [0.2, 0.25) is 5.02 Å². The van der Waals surface area contributed by atoms with Gasteiger partial charge in [-0.25, -0.2) is 9.97 Å². The number of aromatic nitrogens is 6. The Bertz CT molecular complexity index is 789. The number of rotatable bonds is 7. The van der Waals surface area contributed by atoms with Crippen LogP contribution in [0.4, 0.5) is 0 Å². The fourth-order valence-corrected chi connectivity index (χ4v) is 2.61. The predicted molar refractivity (Wildman–Crippen MR) is 91.4 cm³/mol. The first-order valence-electron chi connectivity index (χ1n) is 7.72. The van der Waals surface area contributed by atoms with Crippen molar-refractivity contribution in [3.05, 3.63) is 53.6 Å². The number of aromatic amines is 2. The van der Waals surface area contributed by atoms with Crippen LogP contribution in [-0.4, -0.2) is 47.7 Å². The molecule has 1 aromatic carbocycles. The summed E-state index contributed by atoms with van der Waals surface area (Å²) in [7, 11) is 0. The largest absolute Gasteiger partial charge is 0.491 e. The molecule has 0 spiro atoms. The Kier molecular flexibility index (Phi) is 4.73. The molecule has 1 unspecified atom stereocenters. The Labute approximate surface area is 149 Å². The number of hydrogen-bond donors (Lipinski definition) is 3. The molecule has 25 heavy (non-hydrogen) atoms. The molecular formula is C16H19ClN6O2. The molecule has 0 bridgehead atoms. The molecule has 0 radical (unpaired) electrons. The van der Waals surface area contributed by atoms with Crippen LogP contribution in [-0.2, 0) is 11.8 Å². The van der Waals surface area contributed by atoms with Gasteiger partial charge in [0.15, 0.2) is 11.6 Å². The maximum Gasteiger partial charge on any atom is 0.158 e. The molecule has 0 aliphatic heterocycles. The van der Waals surface area contributed by atoms with E-state index in [1.807, 2.05) is 13.8 Å². The van der Waals surface area contributed by atoms with E-state index in [2.05, 4.69) is 30.4 Å². The van der Waals surface area contributed by atoms with Gasteiger partial charge in [-0.3, -0.25) is 10.2 Å². The molecule has 0 amide bonds. The summed E-state index contributed by atoms with van der Waals surface area (Å²) in [5.41, 5.74) is -2.17. The Morgan fingerprint density at radius 1 is 1.08 bits per heavy atom. The van der Waals surface area contributed by atoms with E-state index in [0.717, 1.165) is 0 Å². The topological polar surface area (TPSA) is 113 Å². The Morgan fingerprint density at radius 2 is 1.76 bits per heavy atom. The maximum absolute atomic E-state index is 11.5. The zero-order valence-corrected chi connectivity index (χ0v) is 14.7. The highest BCUT2D eigenvalue weighted by Gasteiger charge is 2.48. The van der Waals surface area contributed by atoms with Crippen LogP contribution in [0.15, 0.2) is 36.9 Å². The first-order chi connectivity index (χ1) is 11.9. The van der Waals surface area contributed by atoms with Gasteiger partial charge in [-0.05, 0) is 38.1 Å². The highest BCUT2D eigenvalue weighted by molar-refractivity contribution is 6.30. The second-order valence-corrected chi connectivity index (χ2v) is 6.75. The summed E-state index contributed by atoms with van der Waals surface area (Å²) in [5.74, 6) is 1.56. The smallest absolute Gasteiger partial charge is 0.158 e. The van der Waals surface area contributed by atoms with Crippen molar-refractivity contribution >= 4 is 11.6 Å². The highest BCUT2D eigenvalue weighted by atomic mass is 35.5. The molecule has 132 valence electrons. The minimum atomic E-state index is -1.35. The molecule has 3 aromatic rings. The number of aliphatic hydroxyl groups is 1. The third-order valence-corrected chi connectivity index (χ3v) is 4.60. The van der Waals surface area contributed by atoms with Gasteiger partial charge in [-0.2, -0.15) is 10.2 Å². The van der Waals surface area contributed by atoms with Crippen LogP contribution in [0.1, 0.15) is 25.5 Å². The first-order valence-corrected chi connectivity index (χ1v) is 8.10. The zero-order valence-electron chi connectivity index (χ0n) is 13.9. The predicted octanol–water partition coefficient (Wildman–Crippen LogP) is 1.91. The lowest BCUT2D eigenvalue weighted by Crippen LogP contribution is -2.54. The van der Waals surface area contributed by atoms with Gasteiger partial charge in [0, 0.05) is 11.4 Å². The maximum atomic E-state index is 11.5. The minimum Gasteiger partial charge on any atom is -0.491 e. The molecule has 8 nitrogen and oxygen atoms in total. The van der Waals surface area contributed by atoms with Crippen molar-refractivity contribution in [1.82, 2.24) is 30.4 Å². The monoisotopic (exact) mass is 362 g/mol. The zero-order chi connectivity index (χ0) is 17.9. The summed E-state index contributed by atoms with van der Waals surface area (Å²) in [6.45, 7) is 3.72. The minimum absolute atomic E-state index is 0.00467. The van der Waals surface area contributed by atoms with Crippen LogP contribution in [0.5, 0.6) is 5.75 Å². The summed E-state index contributed by atoms with van der Waals surface area (Å²) < 4.78 is 5.82. The fraction of sp³-hybridized carbons (Fsp3) is 0.375. The number of benzene rings is 1. The summed E-state index contributed by atoms with van der Waals surface area (Å²) in [4.78, 5) is 8.32. The molecule has 2 aromatic heterocycles. The van der Waals surface area contributed by atoms with Gasteiger partial charge in [0.2, 0.25) is 0 Å². The van der Waals surface area contributed by atoms with E-state index < -0.39 is 11.0 Å². The van der Waals surface area contributed by atoms with E-state index in [0.29, 0.717) is 22.4 Å². The third kappa shape index (κ3) is 3.64. The number of hydrogen-bond acceptors (Lipinski definition) is 6. The lowest BCUT2D eigenvalue weighted by Gasteiger charge is -2.40. The van der Waals surface area contributed by atoms with Crippen molar-refractivity contribution in [2.75, 3.05) is 6.61 Å². The highest BCUT2D eigenvalue weighted by Crippen LogP contribution is 2.35. The normalized spacial score (nSPS) is 14.2. The van der Waals surface area contributed by atoms with Crippen LogP contribution < -0.4 is 4.74 Å².